The van der Waals surface area contributed by atoms with Crippen LogP contribution in [0.2, 0.25) is 5.02 Å². The lowest BCUT2D eigenvalue weighted by atomic mass is 10.0. The van der Waals surface area contributed by atoms with E-state index in [9.17, 15) is 9.59 Å². The maximum Gasteiger partial charge on any atom is 0.236 e. The molecule has 0 aliphatic carbocycles. The van der Waals surface area contributed by atoms with E-state index in [1.165, 1.54) is 0 Å². The zero-order valence-electron chi connectivity index (χ0n) is 13.1. The third-order valence-electron chi connectivity index (χ3n) is 3.38. The van der Waals surface area contributed by atoms with Gasteiger partial charge in [0.15, 0.2) is 5.78 Å². The van der Waals surface area contributed by atoms with Crippen molar-refractivity contribution in [2.45, 2.75) is 26.3 Å². The van der Waals surface area contributed by atoms with E-state index in [1.54, 1.807) is 43.3 Å². The Bertz CT molecular complexity index is 503. The maximum atomic E-state index is 12.5. The van der Waals surface area contributed by atoms with Crippen LogP contribution in [0.15, 0.2) is 24.3 Å². The molecule has 0 N–H and O–H groups in total. The van der Waals surface area contributed by atoms with Gasteiger partial charge in [0, 0.05) is 24.7 Å². The van der Waals surface area contributed by atoms with Gasteiger partial charge in [0.25, 0.3) is 0 Å². The fourth-order valence-corrected chi connectivity index (χ4v) is 2.25. The number of hydrogen-bond donors (Lipinski definition) is 0. The SMILES string of the molecule is CCCN(CC(=O)N(C)C)C(C)C(=O)c1cccc(Cl)c1. The summed E-state index contributed by atoms with van der Waals surface area (Å²) < 4.78 is 0. The standard InChI is InChI=1S/C16H23ClN2O2/c1-5-9-19(11-15(20)18(3)4)12(2)16(21)13-7-6-8-14(17)10-13/h6-8,10,12H,5,9,11H2,1-4H3. The Morgan fingerprint density at radius 1 is 1.29 bits per heavy atom. The van der Waals surface area contributed by atoms with Crippen molar-refractivity contribution in [1.82, 2.24) is 9.80 Å². The largest absolute Gasteiger partial charge is 0.348 e. The van der Waals surface area contributed by atoms with Crippen LogP contribution in [0.25, 0.3) is 0 Å². The molecule has 0 aromatic heterocycles. The lowest BCUT2D eigenvalue weighted by Gasteiger charge is -2.28. The third-order valence-corrected chi connectivity index (χ3v) is 3.62. The van der Waals surface area contributed by atoms with E-state index in [-0.39, 0.29) is 24.3 Å². The Labute approximate surface area is 131 Å². The molecular formula is C16H23ClN2O2. The molecule has 0 heterocycles. The van der Waals surface area contributed by atoms with Crippen molar-refractivity contribution in [2.24, 2.45) is 0 Å². The molecular weight excluding hydrogens is 288 g/mol. The smallest absolute Gasteiger partial charge is 0.236 e. The van der Waals surface area contributed by atoms with Gasteiger partial charge in [0.2, 0.25) is 5.91 Å². The molecule has 0 fully saturated rings. The Morgan fingerprint density at radius 2 is 1.95 bits per heavy atom. The zero-order chi connectivity index (χ0) is 16.0. The molecule has 0 saturated carbocycles. The van der Waals surface area contributed by atoms with Gasteiger partial charge in [-0.1, -0.05) is 30.7 Å². The van der Waals surface area contributed by atoms with Crippen LogP contribution >= 0.6 is 11.6 Å². The summed E-state index contributed by atoms with van der Waals surface area (Å²) in [5.74, 6) is -0.0216. The number of likely N-dealkylation sites (N-methyl/N-ethyl adjacent to an activating group) is 1. The molecule has 4 nitrogen and oxygen atoms in total. The van der Waals surface area contributed by atoms with E-state index >= 15 is 0 Å². The highest BCUT2D eigenvalue weighted by molar-refractivity contribution is 6.31. The minimum absolute atomic E-state index is 0.00538. The van der Waals surface area contributed by atoms with E-state index in [4.69, 9.17) is 11.6 Å². The molecule has 1 unspecified atom stereocenters. The van der Waals surface area contributed by atoms with Gasteiger partial charge in [-0.3, -0.25) is 14.5 Å². The molecule has 1 atom stereocenters. The quantitative estimate of drug-likeness (QED) is 0.727. The van der Waals surface area contributed by atoms with Crippen LogP contribution in [0.1, 0.15) is 30.6 Å². The lowest BCUT2D eigenvalue weighted by molar-refractivity contribution is -0.130. The number of rotatable bonds is 7. The predicted octanol–water partition coefficient (Wildman–Crippen LogP) is 2.71. The van der Waals surface area contributed by atoms with Crippen molar-refractivity contribution in [3.63, 3.8) is 0 Å². The first-order valence-electron chi connectivity index (χ1n) is 7.10. The molecule has 0 radical (unpaired) electrons. The van der Waals surface area contributed by atoms with Gasteiger partial charge in [-0.2, -0.15) is 0 Å². The summed E-state index contributed by atoms with van der Waals surface area (Å²) in [6.07, 6.45) is 0.883. The van der Waals surface area contributed by atoms with Crippen molar-refractivity contribution in [2.75, 3.05) is 27.2 Å². The minimum atomic E-state index is -0.354. The first kappa shape index (κ1) is 17.7. The fraction of sp³-hybridized carbons (Fsp3) is 0.500. The first-order chi connectivity index (χ1) is 9.86. The normalized spacial score (nSPS) is 12.3. The number of carbonyl (C=O) groups excluding carboxylic acids is 2. The summed E-state index contributed by atoms with van der Waals surface area (Å²) in [7, 11) is 3.44. The van der Waals surface area contributed by atoms with Gasteiger partial charge in [0.05, 0.1) is 12.6 Å². The average molecular weight is 311 g/mol. The molecule has 1 aromatic rings. The number of amides is 1. The van der Waals surface area contributed by atoms with Gasteiger partial charge in [-0.05, 0) is 32.0 Å². The highest BCUT2D eigenvalue weighted by atomic mass is 35.5. The topological polar surface area (TPSA) is 40.6 Å². The lowest BCUT2D eigenvalue weighted by Crippen LogP contribution is -2.45. The molecule has 0 bridgehead atoms. The minimum Gasteiger partial charge on any atom is -0.348 e. The zero-order valence-corrected chi connectivity index (χ0v) is 13.9. The number of benzene rings is 1. The van der Waals surface area contributed by atoms with E-state index in [2.05, 4.69) is 0 Å². The van der Waals surface area contributed by atoms with Gasteiger partial charge in [0.1, 0.15) is 0 Å². The summed E-state index contributed by atoms with van der Waals surface area (Å²) >= 11 is 5.93. The van der Waals surface area contributed by atoms with Crippen molar-refractivity contribution >= 4 is 23.3 Å². The van der Waals surface area contributed by atoms with E-state index in [0.29, 0.717) is 17.1 Å². The predicted molar refractivity (Wildman–Crippen MR) is 85.8 cm³/mol. The summed E-state index contributed by atoms with van der Waals surface area (Å²) in [6, 6.07) is 6.56. The monoisotopic (exact) mass is 310 g/mol. The van der Waals surface area contributed by atoms with E-state index < -0.39 is 0 Å². The number of ketones is 1. The summed E-state index contributed by atoms with van der Waals surface area (Å²) in [5, 5.41) is 0.541. The molecule has 0 saturated heterocycles. The highest BCUT2D eigenvalue weighted by Crippen LogP contribution is 2.15. The summed E-state index contributed by atoms with van der Waals surface area (Å²) in [4.78, 5) is 27.9. The summed E-state index contributed by atoms with van der Waals surface area (Å²) in [6.45, 7) is 4.81. The van der Waals surface area contributed by atoms with Crippen LogP contribution in [-0.2, 0) is 4.79 Å². The second-order valence-corrected chi connectivity index (χ2v) is 5.75. The van der Waals surface area contributed by atoms with E-state index in [0.717, 1.165) is 6.42 Å². The van der Waals surface area contributed by atoms with Crippen LogP contribution in [0, 0.1) is 0 Å². The van der Waals surface area contributed by atoms with Crippen LogP contribution in [-0.4, -0.2) is 54.7 Å². The maximum absolute atomic E-state index is 12.5. The number of halogens is 1. The van der Waals surface area contributed by atoms with Crippen LogP contribution < -0.4 is 0 Å². The number of hydrogen-bond acceptors (Lipinski definition) is 3. The van der Waals surface area contributed by atoms with Crippen molar-refractivity contribution < 1.29 is 9.59 Å². The molecule has 1 amide bonds. The van der Waals surface area contributed by atoms with Crippen LogP contribution in [0.3, 0.4) is 0 Å². The Hall–Kier alpha value is -1.39. The van der Waals surface area contributed by atoms with Crippen molar-refractivity contribution in [1.29, 1.82) is 0 Å². The summed E-state index contributed by atoms with van der Waals surface area (Å²) in [5.41, 5.74) is 0.577. The number of nitrogens with zero attached hydrogens (tertiary/aromatic N) is 2. The van der Waals surface area contributed by atoms with E-state index in [1.807, 2.05) is 18.7 Å². The number of Topliss-reactive ketones (excluding diaryl/α,β-unsaturated/α-hetero) is 1. The Morgan fingerprint density at radius 3 is 2.48 bits per heavy atom. The number of carbonyl (C=O) groups is 2. The molecule has 1 aromatic carbocycles. The molecule has 21 heavy (non-hydrogen) atoms. The molecule has 1 rings (SSSR count). The Balaban J connectivity index is 2.87. The second-order valence-electron chi connectivity index (χ2n) is 5.31. The molecule has 0 aliphatic heterocycles. The average Bonchev–Trinajstić information content (AvgIpc) is 2.45. The molecule has 5 heteroatoms. The van der Waals surface area contributed by atoms with Crippen molar-refractivity contribution in [3.8, 4) is 0 Å². The van der Waals surface area contributed by atoms with Crippen LogP contribution in [0.4, 0.5) is 0 Å². The van der Waals surface area contributed by atoms with Gasteiger partial charge < -0.3 is 4.90 Å². The Kier molecular flexibility index (Phi) is 6.85. The molecule has 116 valence electrons. The first-order valence-corrected chi connectivity index (χ1v) is 7.48. The van der Waals surface area contributed by atoms with Crippen LogP contribution in [0.5, 0.6) is 0 Å². The highest BCUT2D eigenvalue weighted by Gasteiger charge is 2.24. The third kappa shape index (κ3) is 5.14. The van der Waals surface area contributed by atoms with Gasteiger partial charge in [-0.25, -0.2) is 0 Å². The molecule has 0 spiro atoms. The molecule has 0 aliphatic rings. The second kappa shape index (κ2) is 8.15. The van der Waals surface area contributed by atoms with Gasteiger partial charge in [-0.15, -0.1) is 0 Å². The van der Waals surface area contributed by atoms with Crippen molar-refractivity contribution in [3.05, 3.63) is 34.9 Å². The van der Waals surface area contributed by atoms with Gasteiger partial charge >= 0.3 is 0 Å². The fourth-order valence-electron chi connectivity index (χ4n) is 2.06.